The van der Waals surface area contributed by atoms with Crippen molar-refractivity contribution in [2.24, 2.45) is 16.6 Å². The topological polar surface area (TPSA) is 154 Å². The second kappa shape index (κ2) is 17.9. The molecule has 0 radical (unpaired) electrons. The third kappa shape index (κ3) is 10.7. The van der Waals surface area contributed by atoms with Crippen LogP contribution in [0, 0.1) is 0 Å². The molecule has 5 amide bonds. The second-order valence-electron chi connectivity index (χ2n) is 11.1. The highest BCUT2D eigenvalue weighted by molar-refractivity contribution is 6.17. The van der Waals surface area contributed by atoms with Gasteiger partial charge in [-0.25, -0.2) is 9.69 Å². The Bertz CT molecular complexity index is 1660. The molecule has 0 spiro atoms. The predicted octanol–water partition coefficient (Wildman–Crippen LogP) is 4.16. The molecule has 12 heteroatoms. The lowest BCUT2D eigenvalue weighted by Crippen LogP contribution is -2.40. The molecule has 0 heterocycles. The molecule has 4 aromatic rings. The number of imide groups is 1. The number of amides is 5. The molecule has 0 aliphatic heterocycles. The molecule has 0 unspecified atom stereocenters. The minimum Gasteiger partial charge on any atom is -0.369 e. The van der Waals surface area contributed by atoms with Crippen molar-refractivity contribution >= 4 is 53.9 Å². The van der Waals surface area contributed by atoms with Gasteiger partial charge in [0.15, 0.2) is 0 Å². The zero-order valence-corrected chi connectivity index (χ0v) is 27.7. The van der Waals surface area contributed by atoms with E-state index >= 15 is 0 Å². The number of urea groups is 1. The third-order valence-electron chi connectivity index (χ3n) is 7.32. The Morgan fingerprint density at radius 3 is 1.71 bits per heavy atom. The van der Waals surface area contributed by atoms with Crippen molar-refractivity contribution in [1.29, 1.82) is 0 Å². The van der Waals surface area contributed by atoms with Gasteiger partial charge in [0.2, 0.25) is 17.7 Å². The molecule has 0 saturated heterocycles. The van der Waals surface area contributed by atoms with Crippen molar-refractivity contribution in [3.63, 3.8) is 0 Å². The van der Waals surface area contributed by atoms with Gasteiger partial charge in [-0.3, -0.25) is 19.4 Å². The Labute approximate surface area is 286 Å². The summed E-state index contributed by atoms with van der Waals surface area (Å²) in [5.74, 6) is -1.46. The lowest BCUT2D eigenvalue weighted by Gasteiger charge is -2.27. The van der Waals surface area contributed by atoms with Crippen LogP contribution >= 0.6 is 12.4 Å². The summed E-state index contributed by atoms with van der Waals surface area (Å²) in [4.78, 5) is 53.9. The summed E-state index contributed by atoms with van der Waals surface area (Å²) in [5.41, 5.74) is 15.6. The molecule has 0 aliphatic rings. The number of hydrogen-bond donors (Lipinski definition) is 3. The number of carbonyl (C=O) groups is 4. The maximum absolute atomic E-state index is 13.9. The average Bonchev–Trinajstić information content (AvgIpc) is 3.04. The summed E-state index contributed by atoms with van der Waals surface area (Å²) in [6.45, 7) is 0.839. The zero-order valence-electron chi connectivity index (χ0n) is 26.9. The first-order chi connectivity index (χ1) is 22.6. The van der Waals surface area contributed by atoms with E-state index in [-0.39, 0.29) is 31.7 Å². The summed E-state index contributed by atoms with van der Waals surface area (Å²) >= 11 is 0. The zero-order chi connectivity index (χ0) is 33.8. The lowest BCUT2D eigenvalue weighted by atomic mass is 10.0. The standard InChI is InChI=1S/C36H39N7O4.ClH/c1-41(25-40-42(2)24-29-18-16-28(17-19-29)23-39-36(38)47)31-14-9-15-32(30(31)22-33(37)44)43(34(45)20-26-10-5-3-6-11-26)35(46)21-27-12-7-4-8-13-27;/h3-19,25H,20-24H2,1-2H3,(H2,37,44)(H3,38,39,47);1H/b40-25+;. The van der Waals surface area contributed by atoms with Crippen LogP contribution in [0.15, 0.2) is 108 Å². The quantitative estimate of drug-likeness (QED) is 0.104. The summed E-state index contributed by atoms with van der Waals surface area (Å²) in [6, 6.07) is 30.7. The van der Waals surface area contributed by atoms with Gasteiger partial charge in [0.1, 0.15) is 6.34 Å². The number of benzene rings is 4. The average molecular weight is 670 g/mol. The predicted molar refractivity (Wildman–Crippen MR) is 191 cm³/mol. The fourth-order valence-electron chi connectivity index (χ4n) is 5.05. The molecule has 250 valence electrons. The lowest BCUT2D eigenvalue weighted by molar-refractivity contribution is -0.126. The van der Waals surface area contributed by atoms with E-state index in [0.29, 0.717) is 30.0 Å². The van der Waals surface area contributed by atoms with Gasteiger partial charge in [0.25, 0.3) is 0 Å². The number of primary amides is 2. The normalized spacial score (nSPS) is 10.5. The van der Waals surface area contributed by atoms with Gasteiger partial charge in [-0.05, 0) is 34.4 Å². The van der Waals surface area contributed by atoms with Crippen LogP contribution in [0.3, 0.4) is 0 Å². The van der Waals surface area contributed by atoms with Gasteiger partial charge in [0.05, 0.1) is 31.5 Å². The van der Waals surface area contributed by atoms with Crippen LogP contribution in [-0.2, 0) is 46.7 Å². The van der Waals surface area contributed by atoms with Gasteiger partial charge >= 0.3 is 6.03 Å². The molecule has 0 atom stereocenters. The maximum Gasteiger partial charge on any atom is 0.312 e. The van der Waals surface area contributed by atoms with E-state index in [4.69, 9.17) is 11.5 Å². The summed E-state index contributed by atoms with van der Waals surface area (Å²) in [7, 11) is 3.59. The van der Waals surface area contributed by atoms with Crippen LogP contribution in [-0.4, -0.2) is 49.2 Å². The van der Waals surface area contributed by atoms with Gasteiger partial charge in [-0.1, -0.05) is 91.0 Å². The highest BCUT2D eigenvalue weighted by Crippen LogP contribution is 2.31. The van der Waals surface area contributed by atoms with Gasteiger partial charge < -0.3 is 21.7 Å². The van der Waals surface area contributed by atoms with Crippen molar-refractivity contribution < 1.29 is 19.2 Å². The molecular weight excluding hydrogens is 630 g/mol. The fourth-order valence-corrected chi connectivity index (χ4v) is 5.05. The van der Waals surface area contributed by atoms with Crippen molar-refractivity contribution in [2.45, 2.75) is 32.4 Å². The van der Waals surface area contributed by atoms with Gasteiger partial charge in [-0.2, -0.15) is 5.10 Å². The van der Waals surface area contributed by atoms with E-state index in [1.807, 2.05) is 92.0 Å². The number of nitrogens with zero attached hydrogens (tertiary/aromatic N) is 4. The molecule has 5 N–H and O–H groups in total. The molecule has 4 rings (SSSR count). The SMILES string of the molecule is CN(Cc1ccc(CNC(N)=O)cc1)/N=C/N(C)c1cccc(N(C(=O)Cc2ccccc2)C(=O)Cc2ccccc2)c1CC(N)=O.Cl. The molecule has 0 aliphatic carbocycles. The van der Waals surface area contributed by atoms with E-state index in [1.165, 1.54) is 4.90 Å². The summed E-state index contributed by atoms with van der Waals surface area (Å²) < 4.78 is 0. The highest BCUT2D eigenvalue weighted by Gasteiger charge is 2.28. The maximum atomic E-state index is 13.9. The van der Waals surface area contributed by atoms with Gasteiger partial charge in [0, 0.05) is 31.9 Å². The monoisotopic (exact) mass is 669 g/mol. The molecule has 48 heavy (non-hydrogen) atoms. The molecule has 4 aromatic carbocycles. The molecular formula is C36H40ClN7O4. The van der Waals surface area contributed by atoms with Crippen molar-refractivity contribution in [3.8, 4) is 0 Å². The van der Waals surface area contributed by atoms with E-state index in [0.717, 1.165) is 22.3 Å². The van der Waals surface area contributed by atoms with Crippen molar-refractivity contribution in [1.82, 2.24) is 10.3 Å². The van der Waals surface area contributed by atoms with Crippen LogP contribution in [0.2, 0.25) is 0 Å². The Kier molecular flexibility index (Phi) is 13.7. The Morgan fingerprint density at radius 2 is 1.19 bits per heavy atom. The Hall–Kier alpha value is -5.68. The second-order valence-corrected chi connectivity index (χ2v) is 11.1. The van der Waals surface area contributed by atoms with Crippen molar-refractivity contribution in [3.05, 3.63) is 131 Å². The van der Waals surface area contributed by atoms with Crippen LogP contribution in [0.5, 0.6) is 0 Å². The number of nitrogens with one attached hydrogen (secondary N) is 1. The van der Waals surface area contributed by atoms with E-state index in [2.05, 4.69) is 10.4 Å². The first-order valence-corrected chi connectivity index (χ1v) is 15.0. The molecule has 0 bridgehead atoms. The minimum atomic E-state index is -0.610. The number of halogens is 1. The number of nitrogens with two attached hydrogens (primary N) is 2. The van der Waals surface area contributed by atoms with E-state index in [9.17, 15) is 19.2 Å². The van der Waals surface area contributed by atoms with Crippen molar-refractivity contribution in [2.75, 3.05) is 23.9 Å². The Morgan fingerprint density at radius 1 is 0.667 bits per heavy atom. The Balaban J connectivity index is 0.00000625. The third-order valence-corrected chi connectivity index (χ3v) is 7.32. The summed E-state index contributed by atoms with van der Waals surface area (Å²) in [5, 5.41) is 8.85. The largest absolute Gasteiger partial charge is 0.369 e. The first-order valence-electron chi connectivity index (χ1n) is 15.0. The number of rotatable bonds is 14. The fraction of sp³-hybridized carbons (Fsp3) is 0.194. The van der Waals surface area contributed by atoms with Crippen LogP contribution < -0.4 is 26.6 Å². The van der Waals surface area contributed by atoms with Crippen LogP contribution in [0.25, 0.3) is 0 Å². The van der Waals surface area contributed by atoms with E-state index in [1.54, 1.807) is 41.5 Å². The summed E-state index contributed by atoms with van der Waals surface area (Å²) in [6.07, 6.45) is 1.37. The molecule has 0 fully saturated rings. The van der Waals surface area contributed by atoms with E-state index < -0.39 is 23.8 Å². The number of hydrazone groups is 1. The number of anilines is 2. The first kappa shape index (κ1) is 36.8. The smallest absolute Gasteiger partial charge is 0.312 e. The number of carbonyl (C=O) groups excluding carboxylic acids is 4. The number of hydrogen-bond acceptors (Lipinski definition) is 6. The van der Waals surface area contributed by atoms with Crippen LogP contribution in [0.4, 0.5) is 16.2 Å². The van der Waals surface area contributed by atoms with Gasteiger partial charge in [-0.15, -0.1) is 12.4 Å². The molecule has 0 saturated carbocycles. The molecule has 11 nitrogen and oxygen atoms in total. The molecule has 0 aromatic heterocycles. The minimum absolute atomic E-state index is 0. The van der Waals surface area contributed by atoms with Crippen LogP contribution in [0.1, 0.15) is 27.8 Å². The highest BCUT2D eigenvalue weighted by atomic mass is 35.5.